The predicted octanol–water partition coefficient (Wildman–Crippen LogP) is 4.74. The molecule has 0 aromatic rings. The monoisotopic (exact) mass is 353 g/mol. The van der Waals surface area contributed by atoms with Gasteiger partial charge in [0.15, 0.2) is 0 Å². The lowest BCUT2D eigenvalue weighted by molar-refractivity contribution is -0.207. The van der Waals surface area contributed by atoms with Gasteiger partial charge in [-0.05, 0) is 47.8 Å². The van der Waals surface area contributed by atoms with E-state index in [1.54, 1.807) is 0 Å². The Morgan fingerprint density at radius 1 is 1.32 bits per heavy atom. The van der Waals surface area contributed by atoms with E-state index in [0.717, 1.165) is 19.3 Å². The summed E-state index contributed by atoms with van der Waals surface area (Å²) in [6, 6.07) is 0. The van der Waals surface area contributed by atoms with Crippen molar-refractivity contribution < 1.29 is 14.6 Å². The highest BCUT2D eigenvalue weighted by Crippen LogP contribution is 2.62. The first kappa shape index (κ1) is 20.5. The third-order valence-electron chi connectivity index (χ3n) is 7.69. The molecule has 1 amide bonds. The first-order valence-electron chi connectivity index (χ1n) is 10.2. The second kappa shape index (κ2) is 7.46. The Balaban J connectivity index is 2.38. The zero-order valence-corrected chi connectivity index (χ0v) is 17.0. The van der Waals surface area contributed by atoms with Crippen molar-refractivity contribution in [3.63, 3.8) is 0 Å². The molecule has 0 heterocycles. The highest BCUT2D eigenvalue weighted by Gasteiger charge is 2.61. The molecular weight excluding hydrogens is 314 g/mol. The number of carbonyl (C=O) groups excluding carboxylic acids is 1. The van der Waals surface area contributed by atoms with Gasteiger partial charge in [0.25, 0.3) is 0 Å². The maximum Gasteiger partial charge on any atom is 0.404 e. The van der Waals surface area contributed by atoms with E-state index in [0.29, 0.717) is 11.8 Å². The molecule has 2 aliphatic carbocycles. The third-order valence-corrected chi connectivity index (χ3v) is 7.69. The molecule has 2 rings (SSSR count). The molecule has 0 aromatic carbocycles. The van der Waals surface area contributed by atoms with Gasteiger partial charge in [0.1, 0.15) is 6.10 Å². The fourth-order valence-electron chi connectivity index (χ4n) is 6.23. The standard InChI is InChI=1S/C21H39NO3/c1-7-13(2)9-10-15-14(3)16(23)17(25-19(22)24)18-20(4,5)11-8-12-21(15,18)6/h13-18,23H,7-12H2,1-6H3,(H2,22,24)/t13-,14-,15+,16+,17+,18+,21-/m1/s1. The molecule has 3 N–H and O–H groups in total. The molecule has 0 radical (unpaired) electrons. The van der Waals surface area contributed by atoms with Gasteiger partial charge in [0.05, 0.1) is 6.10 Å². The van der Waals surface area contributed by atoms with Gasteiger partial charge in [0.2, 0.25) is 0 Å². The van der Waals surface area contributed by atoms with Crippen molar-refractivity contribution in [3.05, 3.63) is 0 Å². The summed E-state index contributed by atoms with van der Waals surface area (Å²) in [5, 5.41) is 11.0. The molecule has 0 unspecified atom stereocenters. The lowest BCUT2D eigenvalue weighted by Crippen LogP contribution is -2.63. The van der Waals surface area contributed by atoms with Crippen LogP contribution in [0.3, 0.4) is 0 Å². The number of carbonyl (C=O) groups is 1. The minimum atomic E-state index is -0.766. The van der Waals surface area contributed by atoms with Crippen LogP contribution >= 0.6 is 0 Å². The molecule has 0 spiro atoms. The van der Waals surface area contributed by atoms with Gasteiger partial charge in [-0.15, -0.1) is 0 Å². The van der Waals surface area contributed by atoms with Gasteiger partial charge in [-0.1, -0.05) is 60.8 Å². The van der Waals surface area contributed by atoms with E-state index < -0.39 is 18.3 Å². The molecule has 0 bridgehead atoms. The molecule has 146 valence electrons. The number of rotatable bonds is 5. The predicted molar refractivity (Wildman–Crippen MR) is 101 cm³/mol. The van der Waals surface area contributed by atoms with Crippen LogP contribution in [-0.2, 0) is 4.74 Å². The van der Waals surface area contributed by atoms with Crippen LogP contribution in [-0.4, -0.2) is 23.4 Å². The summed E-state index contributed by atoms with van der Waals surface area (Å²) < 4.78 is 5.53. The highest BCUT2D eigenvalue weighted by molar-refractivity contribution is 5.65. The molecule has 0 aliphatic heterocycles. The molecule has 2 saturated carbocycles. The molecule has 25 heavy (non-hydrogen) atoms. The fourth-order valence-corrected chi connectivity index (χ4v) is 6.23. The smallest absolute Gasteiger partial charge is 0.404 e. The summed E-state index contributed by atoms with van der Waals surface area (Å²) in [5.41, 5.74) is 5.47. The zero-order valence-electron chi connectivity index (χ0n) is 17.0. The molecule has 2 fully saturated rings. The highest BCUT2D eigenvalue weighted by atomic mass is 16.6. The lowest BCUT2D eigenvalue weighted by atomic mass is 9.44. The van der Waals surface area contributed by atoms with Crippen LogP contribution in [0.2, 0.25) is 0 Å². The van der Waals surface area contributed by atoms with E-state index in [1.165, 1.54) is 19.3 Å². The maximum atomic E-state index is 11.5. The van der Waals surface area contributed by atoms with Crippen molar-refractivity contribution in [1.29, 1.82) is 0 Å². The summed E-state index contributed by atoms with van der Waals surface area (Å²) in [6.07, 6.45) is 5.08. The van der Waals surface area contributed by atoms with Gasteiger partial charge >= 0.3 is 6.09 Å². The van der Waals surface area contributed by atoms with E-state index in [4.69, 9.17) is 10.5 Å². The second-order valence-electron chi connectivity index (χ2n) is 9.77. The van der Waals surface area contributed by atoms with Crippen molar-refractivity contribution in [2.45, 2.75) is 92.3 Å². The van der Waals surface area contributed by atoms with Gasteiger partial charge in [-0.25, -0.2) is 4.79 Å². The number of fused-ring (bicyclic) bond motifs is 1. The number of ether oxygens (including phenoxy) is 1. The Bertz CT molecular complexity index is 478. The number of amides is 1. The summed E-state index contributed by atoms with van der Waals surface area (Å²) >= 11 is 0. The first-order valence-corrected chi connectivity index (χ1v) is 10.2. The number of hydrogen-bond acceptors (Lipinski definition) is 3. The quantitative estimate of drug-likeness (QED) is 0.750. The number of nitrogens with two attached hydrogens (primary N) is 1. The SMILES string of the molecule is CC[C@@H](C)CC[C@H]1[C@@H](C)[C@H](O)[C@H](OC(N)=O)[C@H]2C(C)(C)CCC[C@]12C. The molecule has 0 saturated heterocycles. The van der Waals surface area contributed by atoms with E-state index in [2.05, 4.69) is 41.5 Å². The largest absolute Gasteiger partial charge is 0.443 e. The van der Waals surface area contributed by atoms with Crippen LogP contribution in [0, 0.1) is 34.5 Å². The number of hydrogen-bond donors (Lipinski definition) is 2. The van der Waals surface area contributed by atoms with Gasteiger partial charge < -0.3 is 15.6 Å². The molecule has 4 heteroatoms. The summed E-state index contributed by atoms with van der Waals surface area (Å²) in [6.45, 7) is 13.6. The second-order valence-corrected chi connectivity index (χ2v) is 9.77. The zero-order chi connectivity index (χ0) is 19.0. The van der Waals surface area contributed by atoms with Crippen molar-refractivity contribution in [1.82, 2.24) is 0 Å². The van der Waals surface area contributed by atoms with Crippen molar-refractivity contribution >= 4 is 6.09 Å². The molecule has 2 aliphatic rings. The van der Waals surface area contributed by atoms with Crippen LogP contribution < -0.4 is 5.73 Å². The average molecular weight is 354 g/mol. The number of aliphatic hydroxyl groups is 1. The molecular formula is C21H39NO3. The van der Waals surface area contributed by atoms with Crippen LogP contribution in [0.25, 0.3) is 0 Å². The van der Waals surface area contributed by atoms with Crippen molar-refractivity contribution in [2.24, 2.45) is 40.2 Å². The van der Waals surface area contributed by atoms with Crippen LogP contribution in [0.4, 0.5) is 4.79 Å². The van der Waals surface area contributed by atoms with Gasteiger partial charge in [0, 0.05) is 5.92 Å². The van der Waals surface area contributed by atoms with Gasteiger partial charge in [-0.2, -0.15) is 0 Å². The van der Waals surface area contributed by atoms with E-state index in [1.807, 2.05) is 0 Å². The Hall–Kier alpha value is -0.770. The van der Waals surface area contributed by atoms with Crippen LogP contribution in [0.15, 0.2) is 0 Å². The minimum absolute atomic E-state index is 0.0306. The normalized spacial score (nSPS) is 41.6. The number of aliphatic hydroxyl groups excluding tert-OH is 1. The third kappa shape index (κ3) is 3.84. The maximum absolute atomic E-state index is 11.5. The molecule has 0 aromatic heterocycles. The van der Waals surface area contributed by atoms with Crippen LogP contribution in [0.1, 0.15) is 80.1 Å². The van der Waals surface area contributed by atoms with E-state index >= 15 is 0 Å². The van der Waals surface area contributed by atoms with Gasteiger partial charge in [-0.3, -0.25) is 0 Å². The Kier molecular flexibility index (Phi) is 6.13. The summed E-state index contributed by atoms with van der Waals surface area (Å²) in [5.74, 6) is 1.43. The van der Waals surface area contributed by atoms with Crippen LogP contribution in [0.5, 0.6) is 0 Å². The lowest BCUT2D eigenvalue weighted by Gasteiger charge is -2.62. The minimum Gasteiger partial charge on any atom is -0.443 e. The fraction of sp³-hybridized carbons (Fsp3) is 0.952. The van der Waals surface area contributed by atoms with Crippen molar-refractivity contribution in [2.75, 3.05) is 0 Å². The Morgan fingerprint density at radius 3 is 2.52 bits per heavy atom. The first-order chi connectivity index (χ1) is 11.5. The Labute approximate surface area is 153 Å². The molecule has 4 nitrogen and oxygen atoms in total. The average Bonchev–Trinajstić information content (AvgIpc) is 2.50. The topological polar surface area (TPSA) is 72.6 Å². The number of primary amides is 1. The Morgan fingerprint density at radius 2 is 1.96 bits per heavy atom. The summed E-state index contributed by atoms with van der Waals surface area (Å²) in [7, 11) is 0. The van der Waals surface area contributed by atoms with Crippen molar-refractivity contribution in [3.8, 4) is 0 Å². The summed E-state index contributed by atoms with van der Waals surface area (Å²) in [4.78, 5) is 11.5. The molecule has 7 atom stereocenters. The van der Waals surface area contributed by atoms with E-state index in [9.17, 15) is 9.90 Å². The van der Waals surface area contributed by atoms with E-state index in [-0.39, 0.29) is 22.7 Å².